The van der Waals surface area contributed by atoms with Crippen LogP contribution in [0.2, 0.25) is 0 Å². The molecule has 0 saturated heterocycles. The molecule has 0 heterocycles. The van der Waals surface area contributed by atoms with E-state index in [-0.39, 0.29) is 5.91 Å². The van der Waals surface area contributed by atoms with E-state index in [1.54, 1.807) is 32.3 Å². The van der Waals surface area contributed by atoms with Gasteiger partial charge in [0.1, 0.15) is 5.75 Å². The molecule has 0 aliphatic carbocycles. The van der Waals surface area contributed by atoms with Gasteiger partial charge in [-0.15, -0.1) is 0 Å². The van der Waals surface area contributed by atoms with Crippen molar-refractivity contribution in [2.75, 3.05) is 26.6 Å². The van der Waals surface area contributed by atoms with Crippen LogP contribution in [0.25, 0.3) is 0 Å². The van der Waals surface area contributed by atoms with E-state index in [2.05, 4.69) is 5.43 Å². The molecular weight excluding hydrogens is 194 g/mol. The fraction of sp³-hybridized carbons (Fsp3) is 0.300. The Morgan fingerprint density at radius 1 is 1.47 bits per heavy atom. The third-order valence-electron chi connectivity index (χ3n) is 2.00. The predicted octanol–water partition coefficient (Wildman–Crippen LogP) is 0.683. The molecule has 1 amide bonds. The molecule has 0 radical (unpaired) electrons. The van der Waals surface area contributed by atoms with Gasteiger partial charge in [0.05, 0.1) is 12.7 Å². The van der Waals surface area contributed by atoms with Crippen molar-refractivity contribution in [2.45, 2.75) is 0 Å². The molecule has 5 heteroatoms. The molecule has 5 nitrogen and oxygen atoms in total. The number of nitrogens with two attached hydrogens (primary N) is 1. The smallest absolute Gasteiger partial charge is 0.257 e. The molecule has 0 bridgehead atoms. The van der Waals surface area contributed by atoms with E-state index in [4.69, 9.17) is 10.6 Å². The lowest BCUT2D eigenvalue weighted by atomic mass is 10.1. The largest absolute Gasteiger partial charge is 0.496 e. The number of hydrogen-bond donors (Lipinski definition) is 2. The van der Waals surface area contributed by atoms with Gasteiger partial charge in [-0.25, -0.2) is 0 Å². The highest BCUT2D eigenvalue weighted by atomic mass is 16.5. The first-order chi connectivity index (χ1) is 7.10. The van der Waals surface area contributed by atoms with E-state index >= 15 is 0 Å². The number of rotatable bonds is 3. The summed E-state index contributed by atoms with van der Waals surface area (Å²) in [5.41, 5.74) is 3.64. The highest BCUT2D eigenvalue weighted by molar-refractivity contribution is 5.97. The molecule has 15 heavy (non-hydrogen) atoms. The van der Waals surface area contributed by atoms with Crippen LogP contribution < -0.4 is 16.0 Å². The monoisotopic (exact) mass is 209 g/mol. The number of ether oxygens (including phenoxy) is 1. The molecule has 0 atom stereocenters. The zero-order valence-electron chi connectivity index (χ0n) is 9.07. The van der Waals surface area contributed by atoms with Gasteiger partial charge >= 0.3 is 0 Å². The van der Waals surface area contributed by atoms with E-state index in [1.807, 2.05) is 0 Å². The SMILES string of the molecule is COc1ccc(NN)cc1C(=O)N(C)C. The van der Waals surface area contributed by atoms with Gasteiger partial charge in [0, 0.05) is 19.8 Å². The number of amides is 1. The van der Waals surface area contributed by atoms with Crippen LogP contribution in [0.3, 0.4) is 0 Å². The number of methoxy groups -OCH3 is 1. The van der Waals surface area contributed by atoms with Gasteiger partial charge in [0.25, 0.3) is 5.91 Å². The second-order valence-corrected chi connectivity index (χ2v) is 3.26. The van der Waals surface area contributed by atoms with Crippen LogP contribution in [0, 0.1) is 0 Å². The number of carbonyl (C=O) groups excluding carboxylic acids is 1. The summed E-state index contributed by atoms with van der Waals surface area (Å²) < 4.78 is 5.10. The number of carbonyl (C=O) groups is 1. The lowest BCUT2D eigenvalue weighted by Crippen LogP contribution is -2.22. The van der Waals surface area contributed by atoms with Crippen molar-refractivity contribution in [2.24, 2.45) is 5.84 Å². The molecule has 0 aliphatic heterocycles. The summed E-state index contributed by atoms with van der Waals surface area (Å²) in [5, 5.41) is 0. The van der Waals surface area contributed by atoms with Crippen LogP contribution in [-0.2, 0) is 0 Å². The molecule has 0 saturated carbocycles. The number of benzene rings is 1. The van der Waals surface area contributed by atoms with E-state index < -0.39 is 0 Å². The normalized spacial score (nSPS) is 9.60. The van der Waals surface area contributed by atoms with Gasteiger partial charge in [-0.2, -0.15) is 0 Å². The van der Waals surface area contributed by atoms with Crippen LogP contribution in [-0.4, -0.2) is 32.0 Å². The van der Waals surface area contributed by atoms with Gasteiger partial charge < -0.3 is 15.1 Å². The van der Waals surface area contributed by atoms with Crippen molar-refractivity contribution < 1.29 is 9.53 Å². The Balaban J connectivity index is 3.17. The average molecular weight is 209 g/mol. The third-order valence-corrected chi connectivity index (χ3v) is 2.00. The van der Waals surface area contributed by atoms with Crippen molar-refractivity contribution in [3.8, 4) is 5.75 Å². The average Bonchev–Trinajstić information content (AvgIpc) is 2.27. The Bertz CT molecular complexity index is 364. The summed E-state index contributed by atoms with van der Waals surface area (Å²) >= 11 is 0. The Kier molecular flexibility index (Phi) is 3.51. The topological polar surface area (TPSA) is 67.6 Å². The van der Waals surface area contributed by atoms with Crippen LogP contribution in [0.1, 0.15) is 10.4 Å². The number of nitrogens with zero attached hydrogens (tertiary/aromatic N) is 1. The van der Waals surface area contributed by atoms with Crippen LogP contribution in [0.5, 0.6) is 5.75 Å². The minimum Gasteiger partial charge on any atom is -0.496 e. The fourth-order valence-electron chi connectivity index (χ4n) is 1.21. The van der Waals surface area contributed by atoms with Gasteiger partial charge in [-0.1, -0.05) is 0 Å². The molecule has 1 aromatic carbocycles. The maximum absolute atomic E-state index is 11.8. The zero-order chi connectivity index (χ0) is 11.4. The van der Waals surface area contributed by atoms with E-state index in [0.717, 1.165) is 0 Å². The standard InChI is InChI=1S/C10H15N3O2/c1-13(2)10(14)8-6-7(12-11)4-5-9(8)15-3/h4-6,12H,11H2,1-3H3. The summed E-state index contributed by atoms with van der Waals surface area (Å²) in [7, 11) is 4.89. The molecular formula is C10H15N3O2. The Morgan fingerprint density at radius 2 is 2.13 bits per heavy atom. The number of nitrogens with one attached hydrogen (secondary N) is 1. The first-order valence-corrected chi connectivity index (χ1v) is 4.46. The number of hydrazine groups is 1. The molecule has 1 rings (SSSR count). The first-order valence-electron chi connectivity index (χ1n) is 4.46. The summed E-state index contributed by atoms with van der Waals surface area (Å²) in [6, 6.07) is 5.10. The fourth-order valence-corrected chi connectivity index (χ4v) is 1.21. The van der Waals surface area contributed by atoms with Crippen molar-refractivity contribution in [1.82, 2.24) is 4.90 Å². The molecule has 0 aromatic heterocycles. The van der Waals surface area contributed by atoms with Crippen LogP contribution in [0.4, 0.5) is 5.69 Å². The van der Waals surface area contributed by atoms with E-state index in [9.17, 15) is 4.79 Å². The van der Waals surface area contributed by atoms with Gasteiger partial charge in [0.15, 0.2) is 0 Å². The third kappa shape index (κ3) is 2.38. The Morgan fingerprint density at radius 3 is 2.60 bits per heavy atom. The summed E-state index contributed by atoms with van der Waals surface area (Å²) in [4.78, 5) is 13.3. The molecule has 0 fully saturated rings. The van der Waals surface area contributed by atoms with Gasteiger partial charge in [-0.05, 0) is 18.2 Å². The van der Waals surface area contributed by atoms with Crippen molar-refractivity contribution in [1.29, 1.82) is 0 Å². The van der Waals surface area contributed by atoms with Crippen LogP contribution in [0.15, 0.2) is 18.2 Å². The molecule has 82 valence electrons. The number of anilines is 1. The number of hydrogen-bond acceptors (Lipinski definition) is 4. The first kappa shape index (κ1) is 11.3. The lowest BCUT2D eigenvalue weighted by Gasteiger charge is -2.14. The minimum absolute atomic E-state index is 0.121. The second-order valence-electron chi connectivity index (χ2n) is 3.26. The summed E-state index contributed by atoms with van der Waals surface area (Å²) in [6.07, 6.45) is 0. The van der Waals surface area contributed by atoms with E-state index in [0.29, 0.717) is 17.0 Å². The molecule has 0 unspecified atom stereocenters. The highest BCUT2D eigenvalue weighted by Crippen LogP contribution is 2.22. The van der Waals surface area contributed by atoms with Crippen molar-refractivity contribution in [3.63, 3.8) is 0 Å². The molecule has 3 N–H and O–H groups in total. The van der Waals surface area contributed by atoms with E-state index in [1.165, 1.54) is 12.0 Å². The Hall–Kier alpha value is -1.75. The van der Waals surface area contributed by atoms with Crippen molar-refractivity contribution >= 4 is 11.6 Å². The zero-order valence-corrected chi connectivity index (χ0v) is 9.07. The molecule has 1 aromatic rings. The van der Waals surface area contributed by atoms with Gasteiger partial charge in [0.2, 0.25) is 0 Å². The maximum atomic E-state index is 11.8. The summed E-state index contributed by atoms with van der Waals surface area (Å²) in [5.74, 6) is 5.68. The maximum Gasteiger partial charge on any atom is 0.257 e. The summed E-state index contributed by atoms with van der Waals surface area (Å²) in [6.45, 7) is 0. The second kappa shape index (κ2) is 4.65. The minimum atomic E-state index is -0.121. The molecule has 0 spiro atoms. The number of nitrogen functional groups attached to an aromatic ring is 1. The van der Waals surface area contributed by atoms with Gasteiger partial charge in [-0.3, -0.25) is 10.6 Å². The highest BCUT2D eigenvalue weighted by Gasteiger charge is 2.14. The predicted molar refractivity (Wildman–Crippen MR) is 58.8 cm³/mol. The van der Waals surface area contributed by atoms with Crippen LogP contribution >= 0.6 is 0 Å². The quantitative estimate of drug-likeness (QED) is 0.567. The lowest BCUT2D eigenvalue weighted by molar-refractivity contribution is 0.0824. The Labute approximate surface area is 88.8 Å². The van der Waals surface area contributed by atoms with Crippen molar-refractivity contribution in [3.05, 3.63) is 23.8 Å². The molecule has 0 aliphatic rings.